The first-order valence-electron chi connectivity index (χ1n) is 3.61. The minimum Gasteiger partial charge on any atom is -0.396 e. The molecule has 0 fully saturated rings. The van der Waals surface area contributed by atoms with Gasteiger partial charge in [-0.2, -0.15) is 0 Å². The van der Waals surface area contributed by atoms with Crippen molar-refractivity contribution >= 4 is 11.3 Å². The summed E-state index contributed by atoms with van der Waals surface area (Å²) in [5.74, 6) is 0.605. The fraction of sp³-hybridized carbons (Fsp3) is 0.143. The maximum absolute atomic E-state index is 5.66. The first kappa shape index (κ1) is 7.05. The second-order valence-corrected chi connectivity index (χ2v) is 2.46. The molecule has 0 unspecified atom stereocenters. The molecular formula is C7H9N5. The smallest absolute Gasteiger partial charge is 0.178 e. The van der Waals surface area contributed by atoms with Crippen LogP contribution in [0.1, 0.15) is 5.82 Å². The number of fused-ring (bicyclic) bond motifs is 1. The Kier molecular flexibility index (Phi) is 1.44. The van der Waals surface area contributed by atoms with Crippen molar-refractivity contribution in [1.82, 2.24) is 14.6 Å². The average molecular weight is 163 g/mol. The van der Waals surface area contributed by atoms with Gasteiger partial charge >= 0.3 is 0 Å². The van der Waals surface area contributed by atoms with Crippen LogP contribution in [0.25, 0.3) is 5.65 Å². The monoisotopic (exact) mass is 163 g/mol. The highest BCUT2D eigenvalue weighted by molar-refractivity contribution is 5.63. The second kappa shape index (κ2) is 2.46. The molecule has 12 heavy (non-hydrogen) atoms. The van der Waals surface area contributed by atoms with E-state index in [2.05, 4.69) is 10.1 Å². The van der Waals surface area contributed by atoms with Gasteiger partial charge in [-0.15, -0.1) is 5.10 Å². The molecular weight excluding hydrogens is 154 g/mol. The summed E-state index contributed by atoms with van der Waals surface area (Å²) in [7, 11) is 0. The fourth-order valence-electron chi connectivity index (χ4n) is 1.06. The molecule has 4 N–H and O–H groups in total. The van der Waals surface area contributed by atoms with E-state index >= 15 is 0 Å². The zero-order chi connectivity index (χ0) is 8.55. The fourth-order valence-corrected chi connectivity index (χ4v) is 1.06. The maximum atomic E-state index is 5.66. The van der Waals surface area contributed by atoms with Gasteiger partial charge in [-0.1, -0.05) is 0 Å². The van der Waals surface area contributed by atoms with E-state index in [4.69, 9.17) is 11.5 Å². The first-order valence-corrected chi connectivity index (χ1v) is 3.61. The van der Waals surface area contributed by atoms with Gasteiger partial charge in [0.25, 0.3) is 0 Å². The number of pyridine rings is 1. The predicted octanol–water partition coefficient (Wildman–Crippen LogP) is -0.230. The molecule has 0 saturated carbocycles. The molecule has 0 aromatic carbocycles. The van der Waals surface area contributed by atoms with Crippen LogP contribution in [0.15, 0.2) is 18.3 Å². The van der Waals surface area contributed by atoms with Crippen LogP contribution in [0.5, 0.6) is 0 Å². The Morgan fingerprint density at radius 3 is 3.00 bits per heavy atom. The standard InChI is InChI=1S/C7H9N5/c8-4-6-10-7-5(9)2-1-3-12(7)11-6/h1-3H,4,8-9H2. The predicted molar refractivity (Wildman–Crippen MR) is 45.3 cm³/mol. The van der Waals surface area contributed by atoms with Crippen LogP contribution in [-0.2, 0) is 6.54 Å². The highest BCUT2D eigenvalue weighted by atomic mass is 15.3. The Labute approximate surface area is 69.0 Å². The Bertz CT molecular complexity index is 405. The van der Waals surface area contributed by atoms with Crippen molar-refractivity contribution in [2.75, 3.05) is 5.73 Å². The lowest BCUT2D eigenvalue weighted by Gasteiger charge is -1.92. The summed E-state index contributed by atoms with van der Waals surface area (Å²) in [5, 5.41) is 4.09. The van der Waals surface area contributed by atoms with Gasteiger partial charge in [-0.25, -0.2) is 9.50 Å². The molecule has 2 aromatic heterocycles. The SMILES string of the molecule is NCc1nc2c(N)cccn2n1. The number of nitrogens with zero attached hydrogens (tertiary/aromatic N) is 3. The Hall–Kier alpha value is -1.62. The summed E-state index contributed by atoms with van der Waals surface area (Å²) in [5.41, 5.74) is 12.3. The molecule has 0 radical (unpaired) electrons. The number of rotatable bonds is 1. The summed E-state index contributed by atoms with van der Waals surface area (Å²) < 4.78 is 1.62. The van der Waals surface area contributed by atoms with E-state index in [0.717, 1.165) is 0 Å². The van der Waals surface area contributed by atoms with Gasteiger partial charge in [0.2, 0.25) is 0 Å². The Morgan fingerprint density at radius 1 is 1.50 bits per heavy atom. The van der Waals surface area contributed by atoms with Gasteiger partial charge in [0.1, 0.15) is 0 Å². The summed E-state index contributed by atoms with van der Waals surface area (Å²) >= 11 is 0. The zero-order valence-corrected chi connectivity index (χ0v) is 6.44. The molecule has 5 heteroatoms. The summed E-state index contributed by atoms with van der Waals surface area (Å²) in [6.45, 7) is 0.334. The number of hydrogen-bond donors (Lipinski definition) is 2. The van der Waals surface area contributed by atoms with Crippen LogP contribution in [0.4, 0.5) is 5.69 Å². The molecule has 2 rings (SSSR count). The van der Waals surface area contributed by atoms with Crippen molar-refractivity contribution in [1.29, 1.82) is 0 Å². The quantitative estimate of drug-likeness (QED) is 0.608. The molecule has 0 spiro atoms. The van der Waals surface area contributed by atoms with E-state index < -0.39 is 0 Å². The minimum atomic E-state index is 0.334. The largest absolute Gasteiger partial charge is 0.396 e. The third kappa shape index (κ3) is 0.911. The van der Waals surface area contributed by atoms with E-state index in [0.29, 0.717) is 23.7 Å². The zero-order valence-electron chi connectivity index (χ0n) is 6.44. The van der Waals surface area contributed by atoms with Crippen molar-refractivity contribution in [3.8, 4) is 0 Å². The lowest BCUT2D eigenvalue weighted by atomic mass is 10.4. The Morgan fingerprint density at radius 2 is 2.33 bits per heavy atom. The molecule has 0 saturated heterocycles. The normalized spacial score (nSPS) is 10.8. The van der Waals surface area contributed by atoms with Crippen molar-refractivity contribution < 1.29 is 0 Å². The van der Waals surface area contributed by atoms with Gasteiger partial charge in [0, 0.05) is 6.20 Å². The molecule has 2 aromatic rings. The van der Waals surface area contributed by atoms with Crippen LogP contribution in [0.3, 0.4) is 0 Å². The van der Waals surface area contributed by atoms with Gasteiger partial charge in [0.15, 0.2) is 11.5 Å². The van der Waals surface area contributed by atoms with Crippen LogP contribution in [-0.4, -0.2) is 14.6 Å². The maximum Gasteiger partial charge on any atom is 0.178 e. The first-order chi connectivity index (χ1) is 5.81. The molecule has 62 valence electrons. The molecule has 5 nitrogen and oxygen atoms in total. The van der Waals surface area contributed by atoms with Crippen molar-refractivity contribution in [3.63, 3.8) is 0 Å². The molecule has 0 aliphatic carbocycles. The molecule has 0 atom stereocenters. The van der Waals surface area contributed by atoms with Gasteiger partial charge in [-0.3, -0.25) is 0 Å². The Balaban J connectivity index is 2.74. The van der Waals surface area contributed by atoms with Crippen LogP contribution in [0.2, 0.25) is 0 Å². The third-order valence-electron chi connectivity index (χ3n) is 1.62. The molecule has 0 amide bonds. The highest BCUT2D eigenvalue weighted by Crippen LogP contribution is 2.09. The number of hydrogen-bond acceptors (Lipinski definition) is 4. The minimum absolute atomic E-state index is 0.334. The van der Waals surface area contributed by atoms with E-state index in [9.17, 15) is 0 Å². The number of aromatic nitrogens is 3. The van der Waals surface area contributed by atoms with E-state index in [1.54, 1.807) is 16.8 Å². The van der Waals surface area contributed by atoms with Crippen molar-refractivity contribution in [3.05, 3.63) is 24.2 Å². The van der Waals surface area contributed by atoms with E-state index in [1.165, 1.54) is 0 Å². The molecule has 0 aliphatic heterocycles. The summed E-state index contributed by atoms with van der Waals surface area (Å²) in [6.07, 6.45) is 1.79. The highest BCUT2D eigenvalue weighted by Gasteiger charge is 2.02. The van der Waals surface area contributed by atoms with Gasteiger partial charge in [-0.05, 0) is 12.1 Å². The summed E-state index contributed by atoms with van der Waals surface area (Å²) in [4.78, 5) is 4.13. The van der Waals surface area contributed by atoms with E-state index in [-0.39, 0.29) is 0 Å². The number of anilines is 1. The third-order valence-corrected chi connectivity index (χ3v) is 1.62. The molecule has 0 aliphatic rings. The average Bonchev–Trinajstić information content (AvgIpc) is 2.49. The van der Waals surface area contributed by atoms with Crippen LogP contribution in [0, 0.1) is 0 Å². The molecule has 0 bridgehead atoms. The van der Waals surface area contributed by atoms with E-state index in [1.807, 2.05) is 6.07 Å². The van der Waals surface area contributed by atoms with Crippen molar-refractivity contribution in [2.45, 2.75) is 6.54 Å². The van der Waals surface area contributed by atoms with Crippen LogP contribution >= 0.6 is 0 Å². The lowest BCUT2D eigenvalue weighted by Crippen LogP contribution is -1.98. The second-order valence-electron chi connectivity index (χ2n) is 2.46. The number of nitrogen functional groups attached to an aromatic ring is 1. The lowest BCUT2D eigenvalue weighted by molar-refractivity contribution is 0.869. The van der Waals surface area contributed by atoms with Gasteiger partial charge < -0.3 is 11.5 Å². The topological polar surface area (TPSA) is 82.2 Å². The van der Waals surface area contributed by atoms with Gasteiger partial charge in [0.05, 0.1) is 12.2 Å². The summed E-state index contributed by atoms with van der Waals surface area (Å²) in [6, 6.07) is 3.60. The van der Waals surface area contributed by atoms with Crippen molar-refractivity contribution in [2.24, 2.45) is 5.73 Å². The number of nitrogens with two attached hydrogens (primary N) is 2. The van der Waals surface area contributed by atoms with Crippen LogP contribution < -0.4 is 11.5 Å². The molecule has 2 heterocycles.